The van der Waals surface area contributed by atoms with Crippen LogP contribution >= 0.6 is 0 Å². The monoisotopic (exact) mass is 283 g/mol. The molecule has 0 aliphatic carbocycles. The van der Waals surface area contributed by atoms with Crippen LogP contribution in [-0.4, -0.2) is 39.1 Å². The van der Waals surface area contributed by atoms with Crippen LogP contribution in [0.5, 0.6) is 5.75 Å². The number of methoxy groups -OCH3 is 2. The van der Waals surface area contributed by atoms with Crippen LogP contribution in [0.25, 0.3) is 0 Å². The van der Waals surface area contributed by atoms with Gasteiger partial charge in [-0.2, -0.15) is 0 Å². The maximum atomic E-state index is 13.7. The number of nitrogens with two attached hydrogens (primary N) is 1. The third-order valence-corrected chi connectivity index (χ3v) is 4.09. The minimum atomic E-state index is -0.380. The van der Waals surface area contributed by atoms with E-state index in [-0.39, 0.29) is 23.2 Å². The van der Waals surface area contributed by atoms with Crippen molar-refractivity contribution < 1.29 is 18.6 Å². The van der Waals surface area contributed by atoms with Gasteiger partial charge in [-0.25, -0.2) is 4.39 Å². The summed E-state index contributed by atoms with van der Waals surface area (Å²) >= 11 is 0. The van der Waals surface area contributed by atoms with Crippen molar-refractivity contribution in [3.05, 3.63) is 29.6 Å². The summed E-state index contributed by atoms with van der Waals surface area (Å²) in [7, 11) is 3.13. The molecular weight excluding hydrogens is 261 g/mol. The number of benzene rings is 1. The Morgan fingerprint density at radius 3 is 2.60 bits per heavy atom. The van der Waals surface area contributed by atoms with Gasteiger partial charge in [0, 0.05) is 39.2 Å². The predicted molar refractivity (Wildman–Crippen MR) is 74.4 cm³/mol. The summed E-state index contributed by atoms with van der Waals surface area (Å²) in [4.78, 5) is 0. The van der Waals surface area contributed by atoms with Crippen LogP contribution in [0.1, 0.15) is 18.4 Å². The molecule has 1 heterocycles. The lowest BCUT2D eigenvalue weighted by molar-refractivity contribution is -0.103. The molecule has 1 aliphatic rings. The van der Waals surface area contributed by atoms with Crippen LogP contribution in [0.2, 0.25) is 0 Å². The Kier molecular flexibility index (Phi) is 4.96. The number of ether oxygens (including phenoxy) is 3. The maximum absolute atomic E-state index is 13.7. The van der Waals surface area contributed by atoms with E-state index >= 15 is 0 Å². The highest BCUT2D eigenvalue weighted by Gasteiger charge is 2.38. The van der Waals surface area contributed by atoms with E-state index in [1.54, 1.807) is 13.2 Å². The first kappa shape index (κ1) is 15.2. The molecule has 0 amide bonds. The summed E-state index contributed by atoms with van der Waals surface area (Å²) < 4.78 is 29.6. The van der Waals surface area contributed by atoms with Gasteiger partial charge in [0.1, 0.15) is 0 Å². The van der Waals surface area contributed by atoms with Crippen molar-refractivity contribution in [1.29, 1.82) is 0 Å². The van der Waals surface area contributed by atoms with Crippen molar-refractivity contribution in [2.24, 2.45) is 5.73 Å². The van der Waals surface area contributed by atoms with Gasteiger partial charge in [-0.15, -0.1) is 0 Å². The molecule has 5 heteroatoms. The third kappa shape index (κ3) is 3.11. The largest absolute Gasteiger partial charge is 0.494 e. The molecule has 20 heavy (non-hydrogen) atoms. The molecule has 2 N–H and O–H groups in total. The highest BCUT2D eigenvalue weighted by atomic mass is 19.1. The topological polar surface area (TPSA) is 53.7 Å². The molecule has 4 nitrogen and oxygen atoms in total. The fraction of sp³-hybridized carbons (Fsp3) is 0.600. The lowest BCUT2D eigenvalue weighted by Gasteiger charge is -2.40. The van der Waals surface area contributed by atoms with E-state index in [2.05, 4.69) is 0 Å². The second-order valence-corrected chi connectivity index (χ2v) is 5.16. The van der Waals surface area contributed by atoms with Crippen molar-refractivity contribution in [3.63, 3.8) is 0 Å². The normalized spacial score (nSPS) is 19.6. The Hall–Kier alpha value is -1.17. The van der Waals surface area contributed by atoms with Gasteiger partial charge in [0.25, 0.3) is 0 Å². The van der Waals surface area contributed by atoms with Crippen LogP contribution in [0.4, 0.5) is 4.39 Å². The number of hydrogen-bond acceptors (Lipinski definition) is 4. The van der Waals surface area contributed by atoms with E-state index in [1.807, 2.05) is 6.07 Å². The minimum absolute atomic E-state index is 0.191. The van der Waals surface area contributed by atoms with Gasteiger partial charge < -0.3 is 19.9 Å². The van der Waals surface area contributed by atoms with E-state index in [9.17, 15) is 4.39 Å². The summed E-state index contributed by atoms with van der Waals surface area (Å²) in [5.74, 6) is -0.120. The first-order valence-corrected chi connectivity index (χ1v) is 6.82. The summed E-state index contributed by atoms with van der Waals surface area (Å²) in [5, 5.41) is 0. The van der Waals surface area contributed by atoms with Gasteiger partial charge in [0.05, 0.1) is 12.7 Å². The molecule has 1 aromatic rings. The average Bonchev–Trinajstić information content (AvgIpc) is 2.48. The van der Waals surface area contributed by atoms with Crippen molar-refractivity contribution >= 4 is 0 Å². The van der Waals surface area contributed by atoms with Crippen molar-refractivity contribution in [2.75, 3.05) is 27.4 Å². The number of hydrogen-bond donors (Lipinski definition) is 1. The van der Waals surface area contributed by atoms with Crippen molar-refractivity contribution in [3.8, 4) is 5.75 Å². The lowest BCUT2D eigenvalue weighted by Crippen LogP contribution is -2.53. The summed E-state index contributed by atoms with van der Waals surface area (Å²) in [6, 6.07) is 4.75. The Balaban J connectivity index is 2.09. The van der Waals surface area contributed by atoms with Crippen LogP contribution in [0.15, 0.2) is 18.2 Å². The third-order valence-electron chi connectivity index (χ3n) is 4.09. The molecule has 1 atom stereocenters. The maximum Gasteiger partial charge on any atom is 0.165 e. The first-order chi connectivity index (χ1) is 9.61. The molecule has 0 bridgehead atoms. The molecule has 112 valence electrons. The van der Waals surface area contributed by atoms with Gasteiger partial charge >= 0.3 is 0 Å². The number of halogens is 1. The highest BCUT2D eigenvalue weighted by Crippen LogP contribution is 2.29. The molecule has 1 fully saturated rings. The summed E-state index contributed by atoms with van der Waals surface area (Å²) in [5.41, 5.74) is 6.78. The Morgan fingerprint density at radius 1 is 1.35 bits per heavy atom. The fourth-order valence-electron chi connectivity index (χ4n) is 2.72. The molecule has 2 rings (SSSR count). The second kappa shape index (κ2) is 6.52. The first-order valence-electron chi connectivity index (χ1n) is 6.82. The average molecular weight is 283 g/mol. The predicted octanol–water partition coefficient (Wildman–Crippen LogP) is 1.90. The molecular formula is C15H22FNO3. The molecule has 0 aromatic heterocycles. The van der Waals surface area contributed by atoms with E-state index in [0.29, 0.717) is 19.6 Å². The van der Waals surface area contributed by atoms with Crippen molar-refractivity contribution in [1.82, 2.24) is 0 Å². The zero-order chi connectivity index (χ0) is 14.6. The van der Waals surface area contributed by atoms with E-state index < -0.39 is 0 Å². The molecule has 0 spiro atoms. The molecule has 1 saturated heterocycles. The van der Waals surface area contributed by atoms with Gasteiger partial charge in [0.2, 0.25) is 0 Å². The molecule has 1 aromatic carbocycles. The van der Waals surface area contributed by atoms with Crippen molar-refractivity contribution in [2.45, 2.75) is 30.9 Å². The van der Waals surface area contributed by atoms with Gasteiger partial charge in [-0.1, -0.05) is 6.07 Å². The second-order valence-electron chi connectivity index (χ2n) is 5.16. The fourth-order valence-corrected chi connectivity index (χ4v) is 2.72. The van der Waals surface area contributed by atoms with Crippen LogP contribution in [0, 0.1) is 5.82 Å². The highest BCUT2D eigenvalue weighted by molar-refractivity contribution is 5.30. The summed E-state index contributed by atoms with van der Waals surface area (Å²) in [6.45, 7) is 1.30. The van der Waals surface area contributed by atoms with E-state index in [0.717, 1.165) is 18.4 Å². The molecule has 0 radical (unpaired) electrons. The van der Waals surface area contributed by atoms with Gasteiger partial charge in [-0.05, 0) is 24.1 Å². The zero-order valence-electron chi connectivity index (χ0n) is 12.0. The van der Waals surface area contributed by atoms with Gasteiger partial charge in [0.15, 0.2) is 11.6 Å². The molecule has 1 aliphatic heterocycles. The zero-order valence-corrected chi connectivity index (χ0v) is 12.0. The van der Waals surface area contributed by atoms with Crippen LogP contribution in [-0.2, 0) is 15.9 Å². The standard InChI is InChI=1S/C15H22FNO3/c1-18-13-4-3-11(9-12(13)16)10-14(17)15(19-2)5-7-20-8-6-15/h3-4,9,14H,5-8,10,17H2,1-2H3. The number of rotatable bonds is 5. The van der Waals surface area contributed by atoms with Gasteiger partial charge in [-0.3, -0.25) is 0 Å². The Bertz CT molecular complexity index is 447. The Morgan fingerprint density at radius 2 is 2.05 bits per heavy atom. The quantitative estimate of drug-likeness (QED) is 0.896. The summed E-state index contributed by atoms with van der Waals surface area (Å²) in [6.07, 6.45) is 2.10. The molecule has 1 unspecified atom stereocenters. The minimum Gasteiger partial charge on any atom is -0.494 e. The van der Waals surface area contributed by atoms with Crippen LogP contribution in [0.3, 0.4) is 0 Å². The lowest BCUT2D eigenvalue weighted by atomic mass is 9.83. The SMILES string of the molecule is COc1ccc(CC(N)C2(OC)CCOCC2)cc1F. The Labute approximate surface area is 119 Å². The van der Waals surface area contributed by atoms with E-state index in [1.165, 1.54) is 13.2 Å². The van der Waals surface area contributed by atoms with E-state index in [4.69, 9.17) is 19.9 Å². The molecule has 0 saturated carbocycles. The van der Waals surface area contributed by atoms with Crippen LogP contribution < -0.4 is 10.5 Å². The smallest absolute Gasteiger partial charge is 0.165 e.